The van der Waals surface area contributed by atoms with E-state index in [1.807, 2.05) is 13.0 Å². The van der Waals surface area contributed by atoms with Crippen molar-refractivity contribution < 1.29 is 13.6 Å². The Labute approximate surface area is 237 Å². The highest BCUT2D eigenvalue weighted by atomic mass is 35.5. The van der Waals surface area contributed by atoms with Crippen molar-refractivity contribution in [2.45, 2.75) is 33.1 Å². The molecule has 1 aromatic heterocycles. The maximum absolute atomic E-state index is 14.2. The minimum absolute atomic E-state index is 0.110. The predicted octanol–water partition coefficient (Wildman–Crippen LogP) is 6.03. The minimum Gasteiger partial charge on any atom is -0.460 e. The zero-order valence-corrected chi connectivity index (χ0v) is 23.3. The second kappa shape index (κ2) is 12.9. The Kier molecular flexibility index (Phi) is 9.36. The molecule has 4 rings (SSSR count). The summed E-state index contributed by atoms with van der Waals surface area (Å²) in [5.74, 6) is -0.318. The van der Waals surface area contributed by atoms with Crippen LogP contribution in [0.3, 0.4) is 0 Å². The van der Waals surface area contributed by atoms with Gasteiger partial charge in [-0.05, 0) is 73.3 Å². The average Bonchev–Trinajstić information content (AvgIpc) is 2.94. The lowest BCUT2D eigenvalue weighted by Crippen LogP contribution is -2.37. The number of fused-ring (bicyclic) bond motifs is 1. The molecule has 40 heavy (non-hydrogen) atoms. The lowest BCUT2D eigenvalue weighted by Gasteiger charge is -2.26. The molecular weight excluding hydrogens is 529 g/mol. The number of carbonyl (C=O) groups is 1. The summed E-state index contributed by atoms with van der Waals surface area (Å²) in [6, 6.07) is 18.7. The Hall–Kier alpha value is -3.99. The number of hydrogen-bond donors (Lipinski definition) is 1. The molecule has 6 nitrogen and oxygen atoms in total. The first-order valence-electron chi connectivity index (χ1n) is 13.2. The molecule has 0 fully saturated rings. The molecule has 0 aliphatic rings. The first-order chi connectivity index (χ1) is 19.2. The fraction of sp³-hybridized carbons (Fsp3) is 0.281. The van der Waals surface area contributed by atoms with Crippen LogP contribution in [0.5, 0.6) is 0 Å². The van der Waals surface area contributed by atoms with Crippen molar-refractivity contribution in [3.63, 3.8) is 0 Å². The first kappa shape index (κ1) is 29.0. The van der Waals surface area contributed by atoms with Crippen molar-refractivity contribution in [2.24, 2.45) is 11.7 Å². The standard InChI is InChI=1S/C32H31ClFN3O3/c1-20(19-37(12-4-11-35)32(39)24-8-7-21(2)28(34)16-24)13-29-27(15-22-5-3-6-23(14-22)18-36)31(38)26-10-9-25(33)17-30(26)40-29/h3,5-10,14,16-17,20H,4,11-13,15,19,35H2,1-2H3. The number of amides is 1. The molecule has 1 atom stereocenters. The van der Waals surface area contributed by atoms with Crippen LogP contribution in [-0.4, -0.2) is 30.4 Å². The lowest BCUT2D eigenvalue weighted by molar-refractivity contribution is 0.0729. The van der Waals surface area contributed by atoms with E-state index in [1.54, 1.807) is 60.4 Å². The Morgan fingerprint density at radius 2 is 1.98 bits per heavy atom. The maximum atomic E-state index is 14.2. The van der Waals surface area contributed by atoms with Crippen LogP contribution >= 0.6 is 11.6 Å². The molecule has 2 N–H and O–H groups in total. The van der Waals surface area contributed by atoms with E-state index in [9.17, 15) is 19.2 Å². The minimum atomic E-state index is -0.431. The summed E-state index contributed by atoms with van der Waals surface area (Å²) in [7, 11) is 0. The number of carbonyl (C=O) groups excluding carboxylic acids is 1. The van der Waals surface area contributed by atoms with Gasteiger partial charge in [0.15, 0.2) is 5.43 Å². The van der Waals surface area contributed by atoms with Crippen molar-refractivity contribution in [3.8, 4) is 6.07 Å². The van der Waals surface area contributed by atoms with Gasteiger partial charge in [-0.3, -0.25) is 9.59 Å². The predicted molar refractivity (Wildman–Crippen MR) is 155 cm³/mol. The third kappa shape index (κ3) is 6.77. The number of halogens is 2. The number of nitriles is 1. The molecular formula is C32H31ClFN3O3. The van der Waals surface area contributed by atoms with Gasteiger partial charge in [-0.2, -0.15) is 5.26 Å². The number of nitrogens with zero attached hydrogens (tertiary/aromatic N) is 2. The molecule has 0 saturated heterocycles. The van der Waals surface area contributed by atoms with Crippen LogP contribution in [-0.2, 0) is 12.8 Å². The molecule has 0 bridgehead atoms. The zero-order valence-electron chi connectivity index (χ0n) is 22.5. The molecule has 8 heteroatoms. The zero-order chi connectivity index (χ0) is 28.8. The Morgan fingerprint density at radius 3 is 2.70 bits per heavy atom. The highest BCUT2D eigenvalue weighted by Crippen LogP contribution is 2.24. The number of aryl methyl sites for hydroxylation is 1. The molecule has 4 aromatic rings. The molecule has 0 aliphatic heterocycles. The molecule has 1 heterocycles. The van der Waals surface area contributed by atoms with Gasteiger partial charge >= 0.3 is 0 Å². The summed E-state index contributed by atoms with van der Waals surface area (Å²) in [4.78, 5) is 28.7. The van der Waals surface area contributed by atoms with Crippen LogP contribution in [0.25, 0.3) is 11.0 Å². The first-order valence-corrected chi connectivity index (χ1v) is 13.6. The van der Waals surface area contributed by atoms with E-state index in [1.165, 1.54) is 6.07 Å². The lowest BCUT2D eigenvalue weighted by atomic mass is 9.95. The van der Waals surface area contributed by atoms with E-state index in [-0.39, 0.29) is 29.2 Å². The van der Waals surface area contributed by atoms with Crippen LogP contribution in [0.4, 0.5) is 4.39 Å². The van der Waals surface area contributed by atoms with Crippen molar-refractivity contribution in [3.05, 3.63) is 115 Å². The summed E-state index contributed by atoms with van der Waals surface area (Å²) < 4.78 is 20.5. The van der Waals surface area contributed by atoms with Crippen LogP contribution in [0.15, 0.2) is 69.9 Å². The molecule has 0 spiro atoms. The van der Waals surface area contributed by atoms with E-state index in [2.05, 4.69) is 6.07 Å². The summed E-state index contributed by atoms with van der Waals surface area (Å²) in [5.41, 5.74) is 8.52. The second-order valence-electron chi connectivity index (χ2n) is 10.1. The van der Waals surface area contributed by atoms with Gasteiger partial charge in [-0.1, -0.05) is 36.7 Å². The van der Waals surface area contributed by atoms with Crippen LogP contribution in [0.2, 0.25) is 5.02 Å². The van der Waals surface area contributed by atoms with Gasteiger partial charge in [0.05, 0.1) is 17.0 Å². The largest absolute Gasteiger partial charge is 0.460 e. The SMILES string of the molecule is Cc1ccc(C(=O)N(CCCN)CC(C)Cc2oc3cc(Cl)ccc3c(=O)c2Cc2cccc(C#N)c2)cc1F. The van der Waals surface area contributed by atoms with E-state index in [0.29, 0.717) is 70.9 Å². The topological polar surface area (TPSA) is 100 Å². The summed E-state index contributed by atoms with van der Waals surface area (Å²) in [6.07, 6.45) is 1.26. The Balaban J connectivity index is 1.67. The third-order valence-electron chi connectivity index (χ3n) is 6.87. The smallest absolute Gasteiger partial charge is 0.253 e. The number of hydrogen-bond acceptors (Lipinski definition) is 5. The van der Waals surface area contributed by atoms with E-state index < -0.39 is 5.82 Å². The van der Waals surface area contributed by atoms with E-state index in [0.717, 1.165) is 5.56 Å². The molecule has 0 aliphatic carbocycles. The van der Waals surface area contributed by atoms with Crippen molar-refractivity contribution in [1.82, 2.24) is 4.90 Å². The second-order valence-corrected chi connectivity index (χ2v) is 10.6. The van der Waals surface area contributed by atoms with Crippen molar-refractivity contribution >= 4 is 28.5 Å². The van der Waals surface area contributed by atoms with Crippen molar-refractivity contribution in [1.29, 1.82) is 5.26 Å². The molecule has 0 radical (unpaired) electrons. The maximum Gasteiger partial charge on any atom is 0.253 e. The van der Waals surface area contributed by atoms with Gasteiger partial charge in [-0.25, -0.2) is 4.39 Å². The number of benzene rings is 3. The highest BCUT2D eigenvalue weighted by molar-refractivity contribution is 6.31. The summed E-state index contributed by atoms with van der Waals surface area (Å²) in [5, 5.41) is 10.2. The molecule has 3 aromatic carbocycles. The van der Waals surface area contributed by atoms with Crippen LogP contribution in [0, 0.1) is 30.0 Å². The van der Waals surface area contributed by atoms with E-state index in [4.69, 9.17) is 21.8 Å². The quantitative estimate of drug-likeness (QED) is 0.256. The molecule has 1 unspecified atom stereocenters. The van der Waals surface area contributed by atoms with E-state index >= 15 is 0 Å². The number of rotatable bonds is 10. The van der Waals surface area contributed by atoms with Gasteiger partial charge in [0.1, 0.15) is 17.2 Å². The molecule has 1 amide bonds. The van der Waals surface area contributed by atoms with Gasteiger partial charge in [0, 0.05) is 48.1 Å². The summed E-state index contributed by atoms with van der Waals surface area (Å²) >= 11 is 6.19. The van der Waals surface area contributed by atoms with Crippen LogP contribution < -0.4 is 11.2 Å². The fourth-order valence-corrected chi connectivity index (χ4v) is 4.94. The third-order valence-corrected chi connectivity index (χ3v) is 7.11. The average molecular weight is 560 g/mol. The van der Waals surface area contributed by atoms with Gasteiger partial charge in [0.25, 0.3) is 5.91 Å². The van der Waals surface area contributed by atoms with Crippen LogP contribution in [0.1, 0.15) is 51.7 Å². The highest BCUT2D eigenvalue weighted by Gasteiger charge is 2.22. The monoisotopic (exact) mass is 559 g/mol. The fourth-order valence-electron chi connectivity index (χ4n) is 4.77. The Morgan fingerprint density at radius 1 is 1.18 bits per heavy atom. The van der Waals surface area contributed by atoms with Gasteiger partial charge in [0.2, 0.25) is 0 Å². The van der Waals surface area contributed by atoms with Crippen molar-refractivity contribution in [2.75, 3.05) is 19.6 Å². The van der Waals surface area contributed by atoms with Gasteiger partial charge in [-0.15, -0.1) is 0 Å². The molecule has 206 valence electrons. The normalized spacial score (nSPS) is 11.8. The molecule has 0 saturated carbocycles. The Bertz CT molecular complexity index is 1640. The number of nitrogens with two attached hydrogens (primary N) is 1. The summed E-state index contributed by atoms with van der Waals surface area (Å²) in [6.45, 7) is 4.80. The van der Waals surface area contributed by atoms with Gasteiger partial charge < -0.3 is 15.1 Å².